The van der Waals surface area contributed by atoms with Crippen LogP contribution in [0.5, 0.6) is 5.75 Å². The summed E-state index contributed by atoms with van der Waals surface area (Å²) in [5.41, 5.74) is -1.70. The largest absolute Gasteiger partial charge is 0.501 e. The van der Waals surface area contributed by atoms with E-state index in [1.165, 1.54) is 36.3 Å². The number of aliphatic hydroxyl groups excluding tert-OH is 1. The SMILES string of the molecule is CCN(C(=O)OC(C)(C)C)C(CC[C@@H](CO)OC)c1nc(C(=O)NCc2ccc(F)cc2)c(O)c(=O)[nH]1. The Morgan fingerprint density at radius 2 is 1.86 bits per heavy atom. The summed E-state index contributed by atoms with van der Waals surface area (Å²) in [4.78, 5) is 46.4. The van der Waals surface area contributed by atoms with E-state index in [1.807, 2.05) is 0 Å². The summed E-state index contributed by atoms with van der Waals surface area (Å²) in [6, 6.07) is 4.57. The van der Waals surface area contributed by atoms with Gasteiger partial charge in [0.25, 0.3) is 11.5 Å². The summed E-state index contributed by atoms with van der Waals surface area (Å²) in [7, 11) is 1.44. The fourth-order valence-corrected chi connectivity index (χ4v) is 3.53. The van der Waals surface area contributed by atoms with Crippen molar-refractivity contribution in [1.29, 1.82) is 0 Å². The zero-order valence-electron chi connectivity index (χ0n) is 21.7. The molecule has 2 amide bonds. The standard InChI is InChI=1S/C25H35FN4O7/c1-6-30(24(35)37-25(2,3)4)18(12-11-17(14-31)36-5)21-28-19(20(32)23(34)29-21)22(33)27-13-15-7-9-16(26)10-8-15/h7-10,17-18,31-32H,6,11-14H2,1-5H3,(H,27,33)(H,28,29,34)/t17-,18?/m0/s1. The van der Waals surface area contributed by atoms with E-state index in [0.717, 1.165) is 0 Å². The van der Waals surface area contributed by atoms with Crippen LogP contribution < -0.4 is 10.9 Å². The van der Waals surface area contributed by atoms with Gasteiger partial charge in [0.05, 0.1) is 18.8 Å². The maximum Gasteiger partial charge on any atom is 0.410 e. The highest BCUT2D eigenvalue weighted by Gasteiger charge is 2.32. The van der Waals surface area contributed by atoms with Crippen LogP contribution in [0.3, 0.4) is 0 Å². The van der Waals surface area contributed by atoms with Gasteiger partial charge in [-0.15, -0.1) is 0 Å². The molecule has 0 spiro atoms. The molecule has 11 nitrogen and oxygen atoms in total. The molecule has 2 aromatic rings. The lowest BCUT2D eigenvalue weighted by Gasteiger charge is -2.33. The minimum Gasteiger partial charge on any atom is -0.501 e. The summed E-state index contributed by atoms with van der Waals surface area (Å²) >= 11 is 0. The second-order valence-corrected chi connectivity index (χ2v) is 9.36. The van der Waals surface area contributed by atoms with Gasteiger partial charge in [0, 0.05) is 20.2 Å². The number of benzene rings is 1. The van der Waals surface area contributed by atoms with E-state index in [0.29, 0.717) is 5.56 Å². The molecule has 0 fully saturated rings. The molecule has 0 saturated heterocycles. The molecule has 204 valence electrons. The van der Waals surface area contributed by atoms with Gasteiger partial charge >= 0.3 is 6.09 Å². The molecule has 0 bridgehead atoms. The summed E-state index contributed by atoms with van der Waals surface area (Å²) in [5.74, 6) is -2.19. The quantitative estimate of drug-likeness (QED) is 0.351. The third-order valence-electron chi connectivity index (χ3n) is 5.45. The number of carbonyl (C=O) groups excluding carboxylic acids is 2. The normalized spacial score (nSPS) is 13.1. The number of nitrogens with one attached hydrogen (secondary N) is 2. The van der Waals surface area contributed by atoms with Crippen molar-refractivity contribution >= 4 is 12.0 Å². The highest BCUT2D eigenvalue weighted by Crippen LogP contribution is 2.27. The molecule has 0 saturated carbocycles. The Balaban J connectivity index is 2.42. The molecule has 0 radical (unpaired) electrons. The molecule has 1 unspecified atom stereocenters. The van der Waals surface area contributed by atoms with Crippen LogP contribution >= 0.6 is 0 Å². The molecular formula is C25H35FN4O7. The van der Waals surface area contributed by atoms with Crippen LogP contribution in [0.4, 0.5) is 9.18 Å². The Morgan fingerprint density at radius 1 is 1.22 bits per heavy atom. The van der Waals surface area contributed by atoms with Crippen LogP contribution in [0.2, 0.25) is 0 Å². The van der Waals surface area contributed by atoms with Gasteiger partial charge < -0.3 is 30.0 Å². The lowest BCUT2D eigenvalue weighted by atomic mass is 10.1. The Morgan fingerprint density at radius 3 is 2.41 bits per heavy atom. The van der Waals surface area contributed by atoms with Crippen LogP contribution in [-0.2, 0) is 16.0 Å². The van der Waals surface area contributed by atoms with Crippen LogP contribution in [-0.4, -0.2) is 69.0 Å². The third-order valence-corrected chi connectivity index (χ3v) is 5.45. The average Bonchev–Trinajstić information content (AvgIpc) is 2.83. The van der Waals surface area contributed by atoms with Gasteiger partial charge in [0.1, 0.15) is 17.2 Å². The van der Waals surface area contributed by atoms with Crippen molar-refractivity contribution in [3.8, 4) is 5.75 Å². The zero-order chi connectivity index (χ0) is 27.8. The Hall–Kier alpha value is -3.51. The predicted octanol–water partition coefficient (Wildman–Crippen LogP) is 2.63. The lowest BCUT2D eigenvalue weighted by Crippen LogP contribution is -2.41. The Bertz CT molecular complexity index is 1110. The fourth-order valence-electron chi connectivity index (χ4n) is 3.53. The number of halogens is 1. The fraction of sp³-hybridized carbons (Fsp3) is 0.520. The van der Waals surface area contributed by atoms with Crippen molar-refractivity contribution in [2.45, 2.75) is 64.8 Å². The molecular weight excluding hydrogens is 487 g/mol. The van der Waals surface area contributed by atoms with E-state index in [-0.39, 0.29) is 38.4 Å². The topological polar surface area (TPSA) is 154 Å². The minimum absolute atomic E-state index is 0.00317. The molecule has 0 aliphatic rings. The molecule has 1 heterocycles. The number of amides is 2. The molecule has 1 aromatic heterocycles. The zero-order valence-corrected chi connectivity index (χ0v) is 21.7. The van der Waals surface area contributed by atoms with Crippen molar-refractivity contribution in [3.05, 3.63) is 57.5 Å². The summed E-state index contributed by atoms with van der Waals surface area (Å²) < 4.78 is 23.9. The molecule has 0 aliphatic carbocycles. The second-order valence-electron chi connectivity index (χ2n) is 9.36. The maximum absolute atomic E-state index is 13.1. The highest BCUT2D eigenvalue weighted by atomic mass is 19.1. The van der Waals surface area contributed by atoms with Gasteiger partial charge in [0.15, 0.2) is 5.69 Å². The number of hydrogen-bond acceptors (Lipinski definition) is 8. The molecule has 4 N–H and O–H groups in total. The number of rotatable bonds is 11. The minimum atomic E-state index is -0.965. The van der Waals surface area contributed by atoms with Gasteiger partial charge in [-0.3, -0.25) is 14.5 Å². The average molecular weight is 523 g/mol. The van der Waals surface area contributed by atoms with E-state index in [4.69, 9.17) is 9.47 Å². The van der Waals surface area contributed by atoms with Crippen LogP contribution in [0.15, 0.2) is 29.1 Å². The number of aromatic amines is 1. The number of methoxy groups -OCH3 is 1. The van der Waals surface area contributed by atoms with Crippen molar-refractivity contribution in [2.75, 3.05) is 20.3 Å². The number of ether oxygens (including phenoxy) is 2. The lowest BCUT2D eigenvalue weighted by molar-refractivity contribution is 0.00855. The molecule has 0 aliphatic heterocycles. The maximum atomic E-state index is 13.1. The van der Waals surface area contributed by atoms with E-state index in [1.54, 1.807) is 27.7 Å². The molecule has 2 atom stereocenters. The predicted molar refractivity (Wildman–Crippen MR) is 133 cm³/mol. The summed E-state index contributed by atoms with van der Waals surface area (Å²) in [5, 5.41) is 22.3. The van der Waals surface area contributed by atoms with Crippen molar-refractivity contribution in [1.82, 2.24) is 20.2 Å². The second kappa shape index (κ2) is 13.2. The van der Waals surface area contributed by atoms with Gasteiger partial charge in [-0.2, -0.15) is 0 Å². The first-order chi connectivity index (χ1) is 17.4. The first-order valence-electron chi connectivity index (χ1n) is 11.9. The van der Waals surface area contributed by atoms with E-state index < -0.39 is 52.6 Å². The highest BCUT2D eigenvalue weighted by molar-refractivity contribution is 5.94. The smallest absolute Gasteiger partial charge is 0.410 e. The molecule has 12 heteroatoms. The first-order valence-corrected chi connectivity index (χ1v) is 11.9. The number of aromatic nitrogens is 2. The van der Waals surface area contributed by atoms with Crippen molar-refractivity contribution in [3.63, 3.8) is 0 Å². The van der Waals surface area contributed by atoms with E-state index >= 15 is 0 Å². The van der Waals surface area contributed by atoms with Gasteiger partial charge in [-0.1, -0.05) is 12.1 Å². The summed E-state index contributed by atoms with van der Waals surface area (Å²) in [6.45, 7) is 6.76. The number of nitrogens with zero attached hydrogens (tertiary/aromatic N) is 2. The van der Waals surface area contributed by atoms with Gasteiger partial charge in [-0.25, -0.2) is 14.2 Å². The Labute approximate surface area is 214 Å². The van der Waals surface area contributed by atoms with Gasteiger partial charge in [-0.05, 0) is 58.2 Å². The summed E-state index contributed by atoms with van der Waals surface area (Å²) in [6.07, 6.45) is -0.734. The molecule has 1 aromatic carbocycles. The number of aromatic hydroxyl groups is 1. The number of hydrogen-bond donors (Lipinski definition) is 4. The van der Waals surface area contributed by atoms with E-state index in [2.05, 4.69) is 15.3 Å². The van der Waals surface area contributed by atoms with Crippen LogP contribution in [0.25, 0.3) is 0 Å². The molecule has 37 heavy (non-hydrogen) atoms. The Kier molecular flexibility index (Phi) is 10.6. The molecule has 2 rings (SSSR count). The first kappa shape index (κ1) is 29.7. The van der Waals surface area contributed by atoms with Crippen LogP contribution in [0.1, 0.15) is 68.5 Å². The number of aliphatic hydroxyl groups is 1. The third kappa shape index (κ3) is 8.53. The van der Waals surface area contributed by atoms with E-state index in [9.17, 15) is 29.0 Å². The number of H-pyrrole nitrogens is 1. The van der Waals surface area contributed by atoms with Crippen molar-refractivity contribution < 1.29 is 33.7 Å². The monoisotopic (exact) mass is 522 g/mol. The van der Waals surface area contributed by atoms with Crippen LogP contribution in [0, 0.1) is 5.82 Å². The number of carbonyl (C=O) groups is 2. The van der Waals surface area contributed by atoms with Crippen molar-refractivity contribution in [2.24, 2.45) is 0 Å². The van der Waals surface area contributed by atoms with Gasteiger partial charge in [0.2, 0.25) is 5.75 Å².